The summed E-state index contributed by atoms with van der Waals surface area (Å²) in [6.07, 6.45) is 1.66. The predicted octanol–water partition coefficient (Wildman–Crippen LogP) is 1.07. The molecule has 0 bridgehead atoms. The number of rotatable bonds is 5. The van der Waals surface area contributed by atoms with E-state index in [1.54, 1.807) is 6.20 Å². The van der Waals surface area contributed by atoms with Gasteiger partial charge in [-0.3, -0.25) is 4.79 Å². The van der Waals surface area contributed by atoms with Crippen LogP contribution in [0.15, 0.2) is 23.4 Å². The van der Waals surface area contributed by atoms with Gasteiger partial charge in [0.1, 0.15) is 6.04 Å². The number of carbonyl (C=O) groups excluding carboxylic acids is 1. The number of carbonyl (C=O) groups is 2. The van der Waals surface area contributed by atoms with Gasteiger partial charge >= 0.3 is 5.97 Å². The summed E-state index contributed by atoms with van der Waals surface area (Å²) in [4.78, 5) is 25.9. The number of aryl methyl sites for hydroxylation is 1. The number of hydrogen-bond donors (Lipinski definition) is 2. The summed E-state index contributed by atoms with van der Waals surface area (Å²) in [6, 6.07) is 2.84. The topological polar surface area (TPSA) is 79.3 Å². The fourth-order valence-corrected chi connectivity index (χ4v) is 2.19. The first-order chi connectivity index (χ1) is 8.00. The Balaban J connectivity index is 2.61. The molecule has 1 aromatic heterocycles. The molecule has 6 heteroatoms. The van der Waals surface area contributed by atoms with E-state index >= 15 is 0 Å². The normalized spacial score (nSPS) is 11.9. The molecule has 1 aromatic rings. The number of aliphatic carboxylic acids is 1. The van der Waals surface area contributed by atoms with E-state index < -0.39 is 12.0 Å². The predicted molar refractivity (Wildman–Crippen MR) is 64.9 cm³/mol. The van der Waals surface area contributed by atoms with Crippen LogP contribution in [0.25, 0.3) is 0 Å². The monoisotopic (exact) mass is 254 g/mol. The van der Waals surface area contributed by atoms with Crippen LogP contribution in [0.5, 0.6) is 0 Å². The highest BCUT2D eigenvalue weighted by Crippen LogP contribution is 2.19. The molecule has 92 valence electrons. The molecule has 5 nitrogen and oxygen atoms in total. The molecule has 0 aliphatic heterocycles. The highest BCUT2D eigenvalue weighted by molar-refractivity contribution is 7.99. The zero-order valence-electron chi connectivity index (χ0n) is 9.64. The van der Waals surface area contributed by atoms with Gasteiger partial charge in [0.15, 0.2) is 0 Å². The Labute approximate surface area is 104 Å². The second-order valence-corrected chi connectivity index (χ2v) is 4.54. The van der Waals surface area contributed by atoms with Gasteiger partial charge in [-0.2, -0.15) is 0 Å². The van der Waals surface area contributed by atoms with Crippen molar-refractivity contribution in [3.8, 4) is 0 Å². The number of nitrogens with zero attached hydrogens (tertiary/aromatic N) is 1. The lowest BCUT2D eigenvalue weighted by molar-refractivity contribution is -0.140. The van der Waals surface area contributed by atoms with Crippen LogP contribution in [-0.4, -0.2) is 33.8 Å². The number of amides is 1. The zero-order valence-corrected chi connectivity index (χ0v) is 10.5. The van der Waals surface area contributed by atoms with E-state index in [0.717, 1.165) is 10.6 Å². The van der Waals surface area contributed by atoms with Crippen LogP contribution in [-0.2, 0) is 9.59 Å². The summed E-state index contributed by atoms with van der Waals surface area (Å²) < 4.78 is 0. The van der Waals surface area contributed by atoms with Gasteiger partial charge in [0.2, 0.25) is 5.91 Å². The van der Waals surface area contributed by atoms with E-state index in [0.29, 0.717) is 0 Å². The van der Waals surface area contributed by atoms with Crippen molar-refractivity contribution < 1.29 is 14.7 Å². The third-order valence-electron chi connectivity index (χ3n) is 2.02. The average molecular weight is 254 g/mol. The van der Waals surface area contributed by atoms with Gasteiger partial charge in [-0.25, -0.2) is 9.78 Å². The van der Waals surface area contributed by atoms with E-state index in [2.05, 4.69) is 10.3 Å². The van der Waals surface area contributed by atoms with Crippen molar-refractivity contribution in [1.29, 1.82) is 0 Å². The number of carboxylic acid groups (broad SMARTS) is 1. The van der Waals surface area contributed by atoms with Gasteiger partial charge in [0.05, 0.1) is 5.03 Å². The van der Waals surface area contributed by atoms with Crippen LogP contribution in [0.3, 0.4) is 0 Å². The minimum Gasteiger partial charge on any atom is -0.480 e. The average Bonchev–Trinajstić information content (AvgIpc) is 2.25. The second kappa shape index (κ2) is 6.24. The van der Waals surface area contributed by atoms with E-state index in [1.807, 2.05) is 19.1 Å². The number of carboxylic acids is 1. The van der Waals surface area contributed by atoms with Crippen LogP contribution in [0.4, 0.5) is 0 Å². The Bertz CT molecular complexity index is 423. The van der Waals surface area contributed by atoms with Crippen molar-refractivity contribution in [2.24, 2.45) is 0 Å². The number of nitrogens with one attached hydrogen (secondary N) is 1. The molecule has 17 heavy (non-hydrogen) atoms. The van der Waals surface area contributed by atoms with Crippen molar-refractivity contribution in [1.82, 2.24) is 10.3 Å². The van der Waals surface area contributed by atoms with Gasteiger partial charge in [-0.05, 0) is 18.6 Å². The molecule has 0 spiro atoms. The highest BCUT2D eigenvalue weighted by Gasteiger charge is 2.18. The minimum atomic E-state index is -1.04. The van der Waals surface area contributed by atoms with Crippen LogP contribution in [0, 0.1) is 6.92 Å². The summed E-state index contributed by atoms with van der Waals surface area (Å²) in [5, 5.41) is 12.1. The molecular weight excluding hydrogens is 240 g/mol. The van der Waals surface area contributed by atoms with Crippen molar-refractivity contribution in [3.63, 3.8) is 0 Å². The maximum absolute atomic E-state index is 10.9. The molecule has 1 atom stereocenters. The molecule has 0 radical (unpaired) electrons. The third kappa shape index (κ3) is 4.44. The standard InChI is InChI=1S/C11H14N2O3S/c1-7-4-3-5-12-10(7)17-6-9(11(15)16)13-8(2)14/h3-5,9H,6H2,1-2H3,(H,13,14)(H,15,16)/t9-/m0/s1. The fourth-order valence-electron chi connectivity index (χ4n) is 1.20. The molecule has 1 amide bonds. The number of thioether (sulfide) groups is 1. The summed E-state index contributed by atoms with van der Waals surface area (Å²) in [7, 11) is 0. The maximum atomic E-state index is 10.9. The first-order valence-corrected chi connectivity index (χ1v) is 6.03. The number of pyridine rings is 1. The summed E-state index contributed by atoms with van der Waals surface area (Å²) in [5.74, 6) is -1.13. The zero-order chi connectivity index (χ0) is 12.8. The Morgan fingerprint density at radius 2 is 2.29 bits per heavy atom. The molecule has 0 aromatic carbocycles. The molecule has 0 fully saturated rings. The molecule has 0 saturated carbocycles. The minimum absolute atomic E-state index is 0.257. The quantitative estimate of drug-likeness (QED) is 0.768. The van der Waals surface area contributed by atoms with Gasteiger partial charge in [0, 0.05) is 18.9 Å². The number of aromatic nitrogens is 1. The van der Waals surface area contributed by atoms with Crippen molar-refractivity contribution in [2.45, 2.75) is 24.9 Å². The van der Waals surface area contributed by atoms with Crippen LogP contribution in [0.1, 0.15) is 12.5 Å². The van der Waals surface area contributed by atoms with Gasteiger partial charge in [-0.15, -0.1) is 11.8 Å². The lowest BCUT2D eigenvalue weighted by Gasteiger charge is -2.12. The first-order valence-electron chi connectivity index (χ1n) is 5.05. The van der Waals surface area contributed by atoms with Crippen molar-refractivity contribution in [3.05, 3.63) is 23.9 Å². The second-order valence-electron chi connectivity index (χ2n) is 3.53. The third-order valence-corrected chi connectivity index (χ3v) is 3.22. The summed E-state index contributed by atoms with van der Waals surface area (Å²) in [6.45, 7) is 3.20. The van der Waals surface area contributed by atoms with E-state index in [4.69, 9.17) is 5.11 Å². The van der Waals surface area contributed by atoms with Crippen LogP contribution < -0.4 is 5.32 Å². The van der Waals surface area contributed by atoms with Crippen molar-refractivity contribution in [2.75, 3.05) is 5.75 Å². The Morgan fingerprint density at radius 1 is 1.59 bits per heavy atom. The van der Waals surface area contributed by atoms with E-state index in [1.165, 1.54) is 18.7 Å². The van der Waals surface area contributed by atoms with Gasteiger partial charge in [-0.1, -0.05) is 6.07 Å². The van der Waals surface area contributed by atoms with Gasteiger partial charge < -0.3 is 10.4 Å². The number of hydrogen-bond acceptors (Lipinski definition) is 4. The molecule has 1 rings (SSSR count). The molecular formula is C11H14N2O3S. The molecule has 0 unspecified atom stereocenters. The molecule has 0 aliphatic rings. The molecule has 2 N–H and O–H groups in total. The van der Waals surface area contributed by atoms with Gasteiger partial charge in [0.25, 0.3) is 0 Å². The largest absolute Gasteiger partial charge is 0.480 e. The molecule has 1 heterocycles. The van der Waals surface area contributed by atoms with Crippen LogP contribution >= 0.6 is 11.8 Å². The first kappa shape index (κ1) is 13.5. The Kier molecular flexibility index (Phi) is 4.96. The Hall–Kier alpha value is -1.56. The molecule has 0 aliphatic carbocycles. The SMILES string of the molecule is CC(=O)N[C@@H](CSc1ncccc1C)C(=O)O. The van der Waals surface area contributed by atoms with E-state index in [9.17, 15) is 9.59 Å². The summed E-state index contributed by atoms with van der Waals surface area (Å²) >= 11 is 1.32. The Morgan fingerprint density at radius 3 is 2.82 bits per heavy atom. The smallest absolute Gasteiger partial charge is 0.327 e. The lowest BCUT2D eigenvalue weighted by Crippen LogP contribution is -2.41. The fraction of sp³-hybridized carbons (Fsp3) is 0.364. The summed E-state index contributed by atoms with van der Waals surface area (Å²) in [5.41, 5.74) is 0.990. The lowest BCUT2D eigenvalue weighted by atomic mass is 10.3. The highest BCUT2D eigenvalue weighted by atomic mass is 32.2. The van der Waals surface area contributed by atoms with E-state index in [-0.39, 0.29) is 11.7 Å². The van der Waals surface area contributed by atoms with Crippen molar-refractivity contribution >= 4 is 23.6 Å². The molecule has 0 saturated heterocycles. The van der Waals surface area contributed by atoms with Crippen LogP contribution in [0.2, 0.25) is 0 Å². The maximum Gasteiger partial charge on any atom is 0.327 e.